The van der Waals surface area contributed by atoms with Crippen molar-refractivity contribution in [2.75, 3.05) is 0 Å². The van der Waals surface area contributed by atoms with Gasteiger partial charge in [-0.15, -0.1) is 0 Å². The predicted molar refractivity (Wildman–Crippen MR) is 107 cm³/mol. The molecule has 0 spiro atoms. The molecule has 0 N–H and O–H groups in total. The lowest BCUT2D eigenvalue weighted by molar-refractivity contribution is 1.05. The molecule has 128 valence electrons. The Morgan fingerprint density at radius 2 is 1.22 bits per heavy atom. The van der Waals surface area contributed by atoms with Crippen molar-refractivity contribution in [2.24, 2.45) is 0 Å². The van der Waals surface area contributed by atoms with Gasteiger partial charge >= 0.3 is 0 Å². The van der Waals surface area contributed by atoms with Gasteiger partial charge in [-0.05, 0) is 23.3 Å². The smallest absolute Gasteiger partial charge is 0.134 e. The van der Waals surface area contributed by atoms with Gasteiger partial charge in [0.15, 0.2) is 0 Å². The van der Waals surface area contributed by atoms with Crippen LogP contribution in [0.25, 0.3) is 27.4 Å². The van der Waals surface area contributed by atoms with Crippen molar-refractivity contribution in [1.82, 2.24) is 14.6 Å². The quantitative estimate of drug-likeness (QED) is 0.423. The van der Waals surface area contributed by atoms with E-state index in [0.717, 1.165) is 16.3 Å². The van der Waals surface area contributed by atoms with Crippen molar-refractivity contribution in [3.05, 3.63) is 103 Å². The van der Waals surface area contributed by atoms with Crippen LogP contribution < -0.4 is 0 Å². The first kappa shape index (κ1) is 16.5. The summed E-state index contributed by atoms with van der Waals surface area (Å²) in [6, 6.07) is 28.8. The number of nitrogens with zero attached hydrogens (tertiary/aromatic N) is 4. The molecule has 27 heavy (non-hydrogen) atoms. The summed E-state index contributed by atoms with van der Waals surface area (Å²) in [5.74, 6) is 0. The maximum absolute atomic E-state index is 9.10. The zero-order valence-corrected chi connectivity index (χ0v) is 14.5. The Hall–Kier alpha value is -3.97. The second-order valence-electron chi connectivity index (χ2n) is 5.96. The van der Waals surface area contributed by atoms with Crippen LogP contribution in [0.4, 0.5) is 0 Å². The van der Waals surface area contributed by atoms with E-state index in [9.17, 15) is 0 Å². The van der Waals surface area contributed by atoms with Crippen LogP contribution >= 0.6 is 0 Å². The van der Waals surface area contributed by atoms with Crippen molar-refractivity contribution in [3.8, 4) is 17.2 Å². The standard InChI is InChI=1S/C12H10.C11H6N4/c1-3-7-11(8-4-1)12-9-5-2-6-10-12;12-5-11-9-7-14-13-6-8(9)10-3-1-2-4-15(10)11/h1-10H;1-4,6-7H. The highest BCUT2D eigenvalue weighted by atomic mass is 15.1. The average molecular weight is 348 g/mol. The number of hydrogen-bond donors (Lipinski definition) is 0. The van der Waals surface area contributed by atoms with Crippen LogP contribution in [0.2, 0.25) is 0 Å². The number of benzene rings is 2. The molecule has 0 bridgehead atoms. The van der Waals surface area contributed by atoms with E-state index in [-0.39, 0.29) is 0 Å². The van der Waals surface area contributed by atoms with Gasteiger partial charge in [-0.1, -0.05) is 66.7 Å². The minimum Gasteiger partial charge on any atom is -0.307 e. The molecule has 5 aromatic rings. The van der Waals surface area contributed by atoms with Gasteiger partial charge in [-0.2, -0.15) is 15.5 Å². The van der Waals surface area contributed by atoms with E-state index >= 15 is 0 Å². The fraction of sp³-hybridized carbons (Fsp3) is 0. The molecule has 0 fully saturated rings. The monoisotopic (exact) mass is 348 g/mol. The molecule has 0 unspecified atom stereocenters. The van der Waals surface area contributed by atoms with Crippen molar-refractivity contribution in [1.29, 1.82) is 5.26 Å². The molecule has 0 saturated carbocycles. The van der Waals surface area contributed by atoms with Gasteiger partial charge in [0.05, 0.1) is 17.9 Å². The molecule has 2 aromatic carbocycles. The van der Waals surface area contributed by atoms with Gasteiger partial charge in [0.25, 0.3) is 0 Å². The van der Waals surface area contributed by atoms with Gasteiger partial charge < -0.3 is 4.40 Å². The molecule has 3 heterocycles. The van der Waals surface area contributed by atoms with E-state index in [0.29, 0.717) is 5.69 Å². The SMILES string of the molecule is N#Cc1c2cnncc2c2ccccn12.c1ccc(-c2ccccc2)cc1. The highest BCUT2D eigenvalue weighted by molar-refractivity contribution is 5.99. The molecule has 4 nitrogen and oxygen atoms in total. The van der Waals surface area contributed by atoms with Crippen LogP contribution in [-0.4, -0.2) is 14.6 Å². The first-order valence-electron chi connectivity index (χ1n) is 8.58. The summed E-state index contributed by atoms with van der Waals surface area (Å²) < 4.78 is 1.86. The summed E-state index contributed by atoms with van der Waals surface area (Å²) in [5, 5.41) is 18.6. The fourth-order valence-electron chi connectivity index (χ4n) is 3.08. The van der Waals surface area contributed by atoms with E-state index in [1.807, 2.05) is 40.9 Å². The summed E-state index contributed by atoms with van der Waals surface area (Å²) in [5.41, 5.74) is 4.14. The maximum Gasteiger partial charge on any atom is 0.134 e. The molecule has 0 aliphatic heterocycles. The number of hydrogen-bond acceptors (Lipinski definition) is 3. The summed E-state index contributed by atoms with van der Waals surface area (Å²) in [6.07, 6.45) is 5.18. The molecular weight excluding hydrogens is 332 g/mol. The number of rotatable bonds is 1. The normalized spacial score (nSPS) is 10.2. The highest BCUT2D eigenvalue weighted by Crippen LogP contribution is 2.24. The lowest BCUT2D eigenvalue weighted by Crippen LogP contribution is -1.85. The number of nitriles is 1. The topological polar surface area (TPSA) is 54.0 Å². The van der Waals surface area contributed by atoms with E-state index in [1.165, 1.54) is 11.1 Å². The van der Waals surface area contributed by atoms with Crippen LogP contribution in [0.3, 0.4) is 0 Å². The Bertz CT molecular complexity index is 1130. The second-order valence-corrected chi connectivity index (χ2v) is 5.96. The fourth-order valence-corrected chi connectivity index (χ4v) is 3.08. The van der Waals surface area contributed by atoms with E-state index in [4.69, 9.17) is 5.26 Å². The minimum atomic E-state index is 0.607. The summed E-state index contributed by atoms with van der Waals surface area (Å²) in [7, 11) is 0. The van der Waals surface area contributed by atoms with Crippen LogP contribution in [0.1, 0.15) is 5.69 Å². The third-order valence-electron chi connectivity index (χ3n) is 4.35. The zero-order chi connectivity index (χ0) is 18.5. The summed E-state index contributed by atoms with van der Waals surface area (Å²) >= 11 is 0. The Morgan fingerprint density at radius 1 is 0.667 bits per heavy atom. The van der Waals surface area contributed by atoms with Gasteiger partial charge in [-0.3, -0.25) is 0 Å². The largest absolute Gasteiger partial charge is 0.307 e. The van der Waals surface area contributed by atoms with Crippen LogP contribution in [0.15, 0.2) is 97.5 Å². The van der Waals surface area contributed by atoms with Crippen molar-refractivity contribution in [2.45, 2.75) is 0 Å². The van der Waals surface area contributed by atoms with Gasteiger partial charge in [-0.25, -0.2) is 0 Å². The van der Waals surface area contributed by atoms with Crippen molar-refractivity contribution in [3.63, 3.8) is 0 Å². The molecule has 5 rings (SSSR count). The van der Waals surface area contributed by atoms with Crippen LogP contribution in [0, 0.1) is 11.3 Å². The Balaban J connectivity index is 0.000000137. The van der Waals surface area contributed by atoms with Gasteiger partial charge in [0.2, 0.25) is 0 Å². The maximum atomic E-state index is 9.10. The highest BCUT2D eigenvalue weighted by Gasteiger charge is 2.10. The number of pyridine rings is 1. The van der Waals surface area contributed by atoms with Crippen LogP contribution in [0.5, 0.6) is 0 Å². The lowest BCUT2D eigenvalue weighted by atomic mass is 10.1. The van der Waals surface area contributed by atoms with Gasteiger partial charge in [0, 0.05) is 17.0 Å². The first-order chi connectivity index (χ1) is 13.4. The number of aromatic nitrogens is 3. The molecule has 0 amide bonds. The second kappa shape index (κ2) is 7.51. The van der Waals surface area contributed by atoms with Crippen molar-refractivity contribution < 1.29 is 0 Å². The lowest BCUT2D eigenvalue weighted by Gasteiger charge is -1.98. The zero-order valence-electron chi connectivity index (χ0n) is 14.5. The average Bonchev–Trinajstić information content (AvgIpc) is 3.09. The molecule has 4 heteroatoms. The predicted octanol–water partition coefficient (Wildman–Crippen LogP) is 5.11. The summed E-state index contributed by atoms with van der Waals surface area (Å²) in [4.78, 5) is 0. The minimum absolute atomic E-state index is 0.607. The Kier molecular flexibility index (Phi) is 4.59. The molecule has 0 aliphatic carbocycles. The van der Waals surface area contributed by atoms with E-state index in [2.05, 4.69) is 64.8 Å². The van der Waals surface area contributed by atoms with Gasteiger partial charge in [0.1, 0.15) is 11.8 Å². The summed E-state index contributed by atoms with van der Waals surface area (Å²) in [6.45, 7) is 0. The van der Waals surface area contributed by atoms with E-state index < -0.39 is 0 Å². The Labute approximate surface area is 157 Å². The molecular formula is C23H16N4. The molecule has 0 atom stereocenters. The first-order valence-corrected chi connectivity index (χ1v) is 8.58. The van der Waals surface area contributed by atoms with E-state index in [1.54, 1.807) is 12.4 Å². The third-order valence-corrected chi connectivity index (χ3v) is 4.35. The number of fused-ring (bicyclic) bond motifs is 3. The molecule has 0 saturated heterocycles. The van der Waals surface area contributed by atoms with Crippen molar-refractivity contribution >= 4 is 16.3 Å². The van der Waals surface area contributed by atoms with Crippen LogP contribution in [-0.2, 0) is 0 Å². The molecule has 0 radical (unpaired) electrons. The Morgan fingerprint density at radius 3 is 1.81 bits per heavy atom. The third kappa shape index (κ3) is 3.26. The molecule has 3 aromatic heterocycles. The molecule has 0 aliphatic rings.